The van der Waals surface area contributed by atoms with Crippen LogP contribution in [0.1, 0.15) is 43.1 Å². The molecule has 4 atom stereocenters. The monoisotopic (exact) mass is 400 g/mol. The van der Waals surface area contributed by atoms with Crippen LogP contribution in [-0.4, -0.2) is 78.1 Å². The molecule has 1 aromatic rings. The Morgan fingerprint density at radius 2 is 2.17 bits per heavy atom. The predicted octanol–water partition coefficient (Wildman–Crippen LogP) is 1.55. The van der Waals surface area contributed by atoms with Crippen molar-refractivity contribution in [3.8, 4) is 0 Å². The average molecular weight is 401 g/mol. The summed E-state index contributed by atoms with van der Waals surface area (Å²) in [5.74, 6) is 1.01. The van der Waals surface area contributed by atoms with Gasteiger partial charge in [-0.15, -0.1) is 0 Å². The zero-order valence-electron chi connectivity index (χ0n) is 17.3. The molecule has 0 aliphatic carbocycles. The number of aromatic nitrogens is 1. The molecule has 3 saturated heterocycles. The Morgan fingerprint density at radius 1 is 1.31 bits per heavy atom. The zero-order chi connectivity index (χ0) is 20.2. The Kier molecular flexibility index (Phi) is 6.45. The highest BCUT2D eigenvalue weighted by molar-refractivity contribution is 5.92. The fourth-order valence-corrected chi connectivity index (χ4v) is 5.44. The molecule has 0 aromatic carbocycles. The van der Waals surface area contributed by atoms with Gasteiger partial charge in [-0.25, -0.2) is 0 Å². The summed E-state index contributed by atoms with van der Waals surface area (Å²) in [6, 6.07) is 5.70. The summed E-state index contributed by atoms with van der Waals surface area (Å²) in [6.45, 7) is 6.97. The van der Waals surface area contributed by atoms with E-state index in [-0.39, 0.29) is 17.9 Å². The van der Waals surface area contributed by atoms with Crippen molar-refractivity contribution < 1.29 is 14.3 Å². The van der Waals surface area contributed by atoms with E-state index in [0.717, 1.165) is 52.1 Å². The number of nitrogens with zero attached hydrogens (tertiary/aromatic N) is 3. The van der Waals surface area contributed by atoms with E-state index >= 15 is 0 Å². The van der Waals surface area contributed by atoms with E-state index in [4.69, 9.17) is 4.74 Å². The van der Waals surface area contributed by atoms with Crippen LogP contribution in [0, 0.1) is 11.8 Å². The van der Waals surface area contributed by atoms with Gasteiger partial charge in [0.1, 0.15) is 5.69 Å². The van der Waals surface area contributed by atoms with E-state index in [2.05, 4.69) is 20.1 Å². The number of pyridine rings is 1. The normalized spacial score (nSPS) is 29.4. The van der Waals surface area contributed by atoms with Crippen molar-refractivity contribution >= 4 is 11.8 Å². The van der Waals surface area contributed by atoms with Gasteiger partial charge in [-0.05, 0) is 50.2 Å². The third kappa shape index (κ3) is 4.46. The molecule has 4 rings (SSSR count). The molecule has 3 fully saturated rings. The molecule has 0 radical (unpaired) electrons. The second-order valence-electron chi connectivity index (χ2n) is 8.47. The van der Waals surface area contributed by atoms with Crippen LogP contribution >= 0.6 is 0 Å². The van der Waals surface area contributed by atoms with E-state index in [1.807, 2.05) is 13.0 Å². The van der Waals surface area contributed by atoms with E-state index in [0.29, 0.717) is 36.5 Å². The summed E-state index contributed by atoms with van der Waals surface area (Å²) in [5.41, 5.74) is 0.421. The first-order valence-electron chi connectivity index (χ1n) is 11.0. The quantitative estimate of drug-likeness (QED) is 0.703. The molecule has 7 heteroatoms. The molecule has 3 aliphatic rings. The first-order chi connectivity index (χ1) is 14.2. The molecule has 3 aliphatic heterocycles. The summed E-state index contributed by atoms with van der Waals surface area (Å²) in [7, 11) is 0. The second-order valence-corrected chi connectivity index (χ2v) is 8.47. The Morgan fingerprint density at radius 3 is 2.97 bits per heavy atom. The summed E-state index contributed by atoms with van der Waals surface area (Å²) in [6.07, 6.45) is 5.46. The number of nitrogens with one attached hydrogen (secondary N) is 1. The van der Waals surface area contributed by atoms with E-state index < -0.39 is 0 Å². The largest absolute Gasteiger partial charge is 0.380 e. The lowest BCUT2D eigenvalue weighted by Gasteiger charge is -2.56. The smallest absolute Gasteiger partial charge is 0.269 e. The number of amides is 2. The summed E-state index contributed by atoms with van der Waals surface area (Å²) >= 11 is 0. The Labute approximate surface area is 172 Å². The van der Waals surface area contributed by atoms with Crippen LogP contribution in [0.25, 0.3) is 0 Å². The number of piperidine rings is 3. The third-order valence-electron chi connectivity index (χ3n) is 6.70. The van der Waals surface area contributed by atoms with Gasteiger partial charge in [0, 0.05) is 51.4 Å². The number of fused-ring (bicyclic) bond motifs is 4. The minimum absolute atomic E-state index is 0.0617. The van der Waals surface area contributed by atoms with Crippen molar-refractivity contribution in [2.45, 2.75) is 44.7 Å². The number of carbonyl (C=O) groups excluding carboxylic acids is 2. The van der Waals surface area contributed by atoms with Crippen LogP contribution in [0.3, 0.4) is 0 Å². The number of rotatable bonds is 7. The lowest BCUT2D eigenvalue weighted by molar-refractivity contribution is -0.152. The van der Waals surface area contributed by atoms with Gasteiger partial charge >= 0.3 is 0 Å². The van der Waals surface area contributed by atoms with Crippen molar-refractivity contribution in [3.63, 3.8) is 0 Å². The molecule has 2 bridgehead atoms. The van der Waals surface area contributed by atoms with Crippen molar-refractivity contribution in [2.75, 3.05) is 39.4 Å². The Bertz CT molecular complexity index is 713. The van der Waals surface area contributed by atoms with Crippen LogP contribution in [0.15, 0.2) is 24.4 Å². The third-order valence-corrected chi connectivity index (χ3v) is 6.70. The number of hydrogen-bond donors (Lipinski definition) is 1. The van der Waals surface area contributed by atoms with Gasteiger partial charge in [-0.3, -0.25) is 14.6 Å². The SMILES string of the molecule is CCOCCN1C[C@@H]2C[C@@H](C1)[C@H](CNC(=O)c1ccccn1)N1C(=O)CCC[C@@H]21. The molecule has 1 aromatic heterocycles. The fourth-order valence-electron chi connectivity index (χ4n) is 5.44. The topological polar surface area (TPSA) is 74.8 Å². The maximum atomic E-state index is 12.8. The molecule has 7 nitrogen and oxygen atoms in total. The van der Waals surface area contributed by atoms with E-state index in [1.165, 1.54) is 0 Å². The molecule has 0 saturated carbocycles. The molecule has 158 valence electrons. The van der Waals surface area contributed by atoms with Crippen molar-refractivity contribution in [3.05, 3.63) is 30.1 Å². The maximum Gasteiger partial charge on any atom is 0.269 e. The van der Waals surface area contributed by atoms with Gasteiger partial charge in [-0.2, -0.15) is 0 Å². The highest BCUT2D eigenvalue weighted by Gasteiger charge is 2.49. The first kappa shape index (κ1) is 20.3. The Hall–Kier alpha value is -1.99. The minimum Gasteiger partial charge on any atom is -0.380 e. The van der Waals surface area contributed by atoms with E-state index in [9.17, 15) is 9.59 Å². The van der Waals surface area contributed by atoms with Crippen LogP contribution < -0.4 is 5.32 Å². The lowest BCUT2D eigenvalue weighted by Crippen LogP contribution is -2.67. The standard InChI is InChI=1S/C22H32N4O3/c1-2-29-11-10-25-14-16-12-17(15-25)20(26-19(16)7-5-8-21(26)27)13-24-22(28)18-6-3-4-9-23-18/h3-4,6,9,16-17,19-20H,2,5,7-8,10-15H2,1H3,(H,24,28)/t16-,17-,19-,20-/m0/s1. The van der Waals surface area contributed by atoms with Crippen LogP contribution in [0.5, 0.6) is 0 Å². The number of hydrogen-bond acceptors (Lipinski definition) is 5. The van der Waals surface area contributed by atoms with Crippen LogP contribution in [0.2, 0.25) is 0 Å². The summed E-state index contributed by atoms with van der Waals surface area (Å²) in [5, 5.41) is 3.05. The summed E-state index contributed by atoms with van der Waals surface area (Å²) < 4.78 is 5.57. The van der Waals surface area contributed by atoms with Gasteiger partial charge in [0.2, 0.25) is 5.91 Å². The van der Waals surface area contributed by atoms with Crippen molar-refractivity contribution in [1.82, 2.24) is 20.1 Å². The molecule has 1 N–H and O–H groups in total. The van der Waals surface area contributed by atoms with Gasteiger partial charge in [0.15, 0.2) is 0 Å². The Balaban J connectivity index is 1.47. The molecule has 4 heterocycles. The molecular formula is C22H32N4O3. The predicted molar refractivity (Wildman–Crippen MR) is 109 cm³/mol. The first-order valence-corrected chi connectivity index (χ1v) is 11.0. The molecule has 2 amide bonds. The fraction of sp³-hybridized carbons (Fsp3) is 0.682. The van der Waals surface area contributed by atoms with E-state index in [1.54, 1.807) is 18.3 Å². The minimum atomic E-state index is -0.169. The van der Waals surface area contributed by atoms with Crippen molar-refractivity contribution in [2.24, 2.45) is 11.8 Å². The van der Waals surface area contributed by atoms with Crippen LogP contribution in [-0.2, 0) is 9.53 Å². The molecule has 0 spiro atoms. The zero-order valence-corrected chi connectivity index (χ0v) is 17.3. The molecule has 29 heavy (non-hydrogen) atoms. The van der Waals surface area contributed by atoms with Crippen molar-refractivity contribution in [1.29, 1.82) is 0 Å². The number of carbonyl (C=O) groups is 2. The molecular weight excluding hydrogens is 368 g/mol. The second kappa shape index (κ2) is 9.22. The molecule has 0 unspecified atom stereocenters. The summed E-state index contributed by atoms with van der Waals surface area (Å²) in [4.78, 5) is 34.2. The number of likely N-dealkylation sites (tertiary alicyclic amines) is 1. The van der Waals surface area contributed by atoms with Gasteiger partial charge in [0.25, 0.3) is 5.91 Å². The highest BCUT2D eigenvalue weighted by atomic mass is 16.5. The van der Waals surface area contributed by atoms with Gasteiger partial charge in [-0.1, -0.05) is 6.07 Å². The highest BCUT2D eigenvalue weighted by Crippen LogP contribution is 2.41. The van der Waals surface area contributed by atoms with Gasteiger partial charge < -0.3 is 19.9 Å². The van der Waals surface area contributed by atoms with Gasteiger partial charge in [0.05, 0.1) is 12.6 Å². The maximum absolute atomic E-state index is 12.8. The van der Waals surface area contributed by atoms with Crippen LogP contribution in [0.4, 0.5) is 0 Å². The number of ether oxygens (including phenoxy) is 1. The lowest BCUT2D eigenvalue weighted by atomic mass is 9.72. The average Bonchev–Trinajstić information content (AvgIpc) is 2.75.